The minimum atomic E-state index is -0.275. The third kappa shape index (κ3) is 2.95. The van der Waals surface area contributed by atoms with Crippen LogP contribution < -0.4 is 5.32 Å². The highest BCUT2D eigenvalue weighted by atomic mass is 16.1. The number of benzene rings is 1. The van der Waals surface area contributed by atoms with Crippen LogP contribution in [-0.4, -0.2) is 21.4 Å². The van der Waals surface area contributed by atoms with Crippen molar-refractivity contribution in [1.29, 1.82) is 0 Å². The Morgan fingerprint density at radius 3 is 2.25 bits per heavy atom. The van der Waals surface area contributed by atoms with Gasteiger partial charge in [0.1, 0.15) is 5.52 Å². The molecule has 0 saturated heterocycles. The normalized spacial score (nSPS) is 11.9. The van der Waals surface area contributed by atoms with Gasteiger partial charge >= 0.3 is 0 Å². The molecule has 2 rings (SSSR count). The molecule has 1 aromatic heterocycles. The zero-order valence-corrected chi connectivity index (χ0v) is 12.7. The fourth-order valence-electron chi connectivity index (χ4n) is 2.13. The van der Waals surface area contributed by atoms with Gasteiger partial charge in [-0.25, -0.2) is 0 Å². The van der Waals surface area contributed by atoms with Crippen LogP contribution in [0.3, 0.4) is 0 Å². The number of hydrogen-bond acceptors (Lipinski definition) is 3. The van der Waals surface area contributed by atoms with E-state index in [0.717, 1.165) is 11.1 Å². The van der Waals surface area contributed by atoms with E-state index in [9.17, 15) is 4.79 Å². The Hall–Kier alpha value is -1.97. The lowest BCUT2D eigenvalue weighted by atomic mass is 9.98. The quantitative estimate of drug-likeness (QED) is 0.912. The summed E-state index contributed by atoms with van der Waals surface area (Å²) in [4.78, 5) is 21.1. The molecule has 2 aromatic rings. The van der Waals surface area contributed by atoms with Crippen molar-refractivity contribution in [2.24, 2.45) is 0 Å². The van der Waals surface area contributed by atoms with Gasteiger partial charge in [-0.05, 0) is 38.3 Å². The van der Waals surface area contributed by atoms with Crippen molar-refractivity contribution in [1.82, 2.24) is 15.3 Å². The molecular weight excluding hydrogens is 250 g/mol. The first-order valence-corrected chi connectivity index (χ1v) is 6.86. The Balaban J connectivity index is 2.56. The van der Waals surface area contributed by atoms with Crippen molar-refractivity contribution in [3.05, 3.63) is 35.7 Å². The van der Waals surface area contributed by atoms with E-state index in [0.29, 0.717) is 17.0 Å². The SMILES string of the molecule is CC(C)c1ccc(C(=O)NC(C)(C)C)c2nccnc12. The van der Waals surface area contributed by atoms with Crippen molar-refractivity contribution < 1.29 is 4.79 Å². The summed E-state index contributed by atoms with van der Waals surface area (Å²) in [5, 5.41) is 2.97. The molecule has 1 heterocycles. The van der Waals surface area contributed by atoms with E-state index >= 15 is 0 Å². The number of hydrogen-bond donors (Lipinski definition) is 1. The van der Waals surface area contributed by atoms with Crippen molar-refractivity contribution in [3.63, 3.8) is 0 Å². The van der Waals surface area contributed by atoms with Crippen LogP contribution in [-0.2, 0) is 0 Å². The molecule has 4 nitrogen and oxygen atoms in total. The van der Waals surface area contributed by atoms with Gasteiger partial charge in [0.2, 0.25) is 0 Å². The number of rotatable bonds is 2. The second-order valence-electron chi connectivity index (χ2n) is 6.31. The summed E-state index contributed by atoms with van der Waals surface area (Å²) in [6.07, 6.45) is 3.29. The predicted octanol–water partition coefficient (Wildman–Crippen LogP) is 3.28. The number of nitrogens with one attached hydrogen (secondary N) is 1. The third-order valence-electron chi connectivity index (χ3n) is 3.01. The van der Waals surface area contributed by atoms with Gasteiger partial charge in [-0.1, -0.05) is 19.9 Å². The molecule has 0 aliphatic heterocycles. The second kappa shape index (κ2) is 5.19. The standard InChI is InChI=1S/C16H21N3O/c1-10(2)11-6-7-12(15(20)19-16(3,4)5)14-13(11)17-8-9-18-14/h6-10H,1-5H3,(H,19,20). The van der Waals surface area contributed by atoms with Gasteiger partial charge in [0, 0.05) is 17.9 Å². The average molecular weight is 271 g/mol. The van der Waals surface area contributed by atoms with Gasteiger partial charge in [0.25, 0.3) is 5.91 Å². The van der Waals surface area contributed by atoms with Crippen LogP contribution in [0.2, 0.25) is 0 Å². The number of amides is 1. The van der Waals surface area contributed by atoms with Gasteiger partial charge in [0.05, 0.1) is 11.1 Å². The third-order valence-corrected chi connectivity index (χ3v) is 3.01. The molecule has 1 N–H and O–H groups in total. The number of aromatic nitrogens is 2. The topological polar surface area (TPSA) is 54.9 Å². The molecule has 0 radical (unpaired) electrons. The van der Waals surface area contributed by atoms with Crippen LogP contribution in [0.25, 0.3) is 11.0 Å². The number of nitrogens with zero attached hydrogens (tertiary/aromatic N) is 2. The maximum atomic E-state index is 12.4. The van der Waals surface area contributed by atoms with Gasteiger partial charge in [-0.15, -0.1) is 0 Å². The largest absolute Gasteiger partial charge is 0.347 e. The smallest absolute Gasteiger partial charge is 0.253 e. The zero-order chi connectivity index (χ0) is 14.9. The fourth-order valence-corrected chi connectivity index (χ4v) is 2.13. The molecule has 106 valence electrons. The van der Waals surface area contributed by atoms with Crippen LogP contribution >= 0.6 is 0 Å². The number of carbonyl (C=O) groups is 1. The minimum Gasteiger partial charge on any atom is -0.347 e. The van der Waals surface area contributed by atoms with E-state index in [4.69, 9.17) is 0 Å². The Kier molecular flexibility index (Phi) is 3.75. The maximum Gasteiger partial charge on any atom is 0.253 e. The van der Waals surface area contributed by atoms with Crippen molar-refractivity contribution >= 4 is 16.9 Å². The van der Waals surface area contributed by atoms with Crippen molar-refractivity contribution in [3.8, 4) is 0 Å². The Morgan fingerprint density at radius 1 is 1.10 bits per heavy atom. The van der Waals surface area contributed by atoms with E-state index in [-0.39, 0.29) is 11.4 Å². The van der Waals surface area contributed by atoms with Gasteiger partial charge < -0.3 is 5.32 Å². The molecule has 1 aromatic carbocycles. The first-order valence-electron chi connectivity index (χ1n) is 6.86. The van der Waals surface area contributed by atoms with Crippen molar-refractivity contribution in [2.45, 2.75) is 46.1 Å². The molecule has 0 spiro atoms. The highest BCUT2D eigenvalue weighted by Crippen LogP contribution is 2.25. The number of carbonyl (C=O) groups excluding carboxylic acids is 1. The van der Waals surface area contributed by atoms with Crippen LogP contribution in [0.4, 0.5) is 0 Å². The predicted molar refractivity (Wildman–Crippen MR) is 80.8 cm³/mol. The lowest BCUT2D eigenvalue weighted by Crippen LogP contribution is -2.40. The van der Waals surface area contributed by atoms with Crippen LogP contribution in [0.1, 0.15) is 56.5 Å². The molecule has 4 heteroatoms. The summed E-state index contributed by atoms with van der Waals surface area (Å²) >= 11 is 0. The molecular formula is C16H21N3O. The lowest BCUT2D eigenvalue weighted by molar-refractivity contribution is 0.0921. The molecule has 0 aliphatic rings. The molecule has 0 bridgehead atoms. The molecule has 0 aliphatic carbocycles. The molecule has 1 amide bonds. The highest BCUT2D eigenvalue weighted by molar-refractivity contribution is 6.05. The van der Waals surface area contributed by atoms with Crippen LogP contribution in [0, 0.1) is 0 Å². The first kappa shape index (κ1) is 14.4. The van der Waals surface area contributed by atoms with Gasteiger partial charge in [-0.3, -0.25) is 14.8 Å². The Morgan fingerprint density at radius 2 is 1.70 bits per heavy atom. The summed E-state index contributed by atoms with van der Waals surface area (Å²) in [6.45, 7) is 10.1. The van der Waals surface area contributed by atoms with E-state index in [2.05, 4.69) is 29.1 Å². The van der Waals surface area contributed by atoms with E-state index < -0.39 is 0 Å². The van der Waals surface area contributed by atoms with E-state index in [1.165, 1.54) is 0 Å². The summed E-state index contributed by atoms with van der Waals surface area (Å²) in [5.41, 5.74) is 2.89. The fraction of sp³-hybridized carbons (Fsp3) is 0.438. The summed E-state index contributed by atoms with van der Waals surface area (Å²) < 4.78 is 0. The van der Waals surface area contributed by atoms with E-state index in [1.54, 1.807) is 12.4 Å². The minimum absolute atomic E-state index is 0.113. The average Bonchev–Trinajstić information content (AvgIpc) is 2.35. The second-order valence-corrected chi connectivity index (χ2v) is 6.31. The Bertz CT molecular complexity index is 642. The summed E-state index contributed by atoms with van der Waals surface area (Å²) in [5.74, 6) is 0.229. The first-order chi connectivity index (χ1) is 9.29. The summed E-state index contributed by atoms with van der Waals surface area (Å²) in [6, 6.07) is 3.81. The van der Waals surface area contributed by atoms with E-state index in [1.807, 2.05) is 32.9 Å². The van der Waals surface area contributed by atoms with Crippen molar-refractivity contribution in [2.75, 3.05) is 0 Å². The van der Waals surface area contributed by atoms with Crippen LogP contribution in [0.5, 0.6) is 0 Å². The molecule has 0 unspecified atom stereocenters. The Labute approximate surface area is 119 Å². The van der Waals surface area contributed by atoms with Gasteiger partial charge in [0.15, 0.2) is 0 Å². The van der Waals surface area contributed by atoms with Crippen LogP contribution in [0.15, 0.2) is 24.5 Å². The van der Waals surface area contributed by atoms with Gasteiger partial charge in [-0.2, -0.15) is 0 Å². The number of fused-ring (bicyclic) bond motifs is 1. The molecule has 0 saturated carbocycles. The maximum absolute atomic E-state index is 12.4. The lowest BCUT2D eigenvalue weighted by Gasteiger charge is -2.21. The highest BCUT2D eigenvalue weighted by Gasteiger charge is 2.19. The summed E-state index contributed by atoms with van der Waals surface area (Å²) in [7, 11) is 0. The molecule has 20 heavy (non-hydrogen) atoms. The molecule has 0 fully saturated rings. The monoisotopic (exact) mass is 271 g/mol. The molecule has 0 atom stereocenters. The zero-order valence-electron chi connectivity index (χ0n) is 12.7.